The van der Waals surface area contributed by atoms with Crippen molar-refractivity contribution in [2.45, 2.75) is 29.6 Å². The number of benzene rings is 1. The van der Waals surface area contributed by atoms with Gasteiger partial charge >= 0.3 is 6.18 Å². The van der Waals surface area contributed by atoms with E-state index in [2.05, 4.69) is 15.3 Å². The lowest BCUT2D eigenvalue weighted by atomic mass is 10.0. The van der Waals surface area contributed by atoms with E-state index in [-0.39, 0.29) is 35.8 Å². The van der Waals surface area contributed by atoms with Gasteiger partial charge in [-0.05, 0) is 42.3 Å². The molecule has 10 nitrogen and oxygen atoms in total. The van der Waals surface area contributed by atoms with Crippen LogP contribution in [0.4, 0.5) is 19.0 Å². The van der Waals surface area contributed by atoms with Crippen molar-refractivity contribution >= 4 is 21.7 Å². The molecule has 1 aliphatic heterocycles. The molecule has 3 heterocycles. The largest absolute Gasteiger partial charge is 0.493 e. The molecule has 1 amide bonds. The number of nitrogens with one attached hydrogen (secondary N) is 1. The Balaban J connectivity index is 1.44. The van der Waals surface area contributed by atoms with Crippen LogP contribution in [-0.4, -0.2) is 64.0 Å². The van der Waals surface area contributed by atoms with Gasteiger partial charge in [-0.3, -0.25) is 4.79 Å². The third kappa shape index (κ3) is 5.65. The van der Waals surface area contributed by atoms with Crippen LogP contribution in [0.3, 0.4) is 0 Å². The zero-order valence-electron chi connectivity index (χ0n) is 19.1. The molecule has 196 valence electrons. The fraction of sp³-hybridized carbons (Fsp3) is 0.261. The number of halogens is 3. The van der Waals surface area contributed by atoms with Gasteiger partial charge in [-0.2, -0.15) is 17.5 Å². The minimum absolute atomic E-state index is 0.0267. The van der Waals surface area contributed by atoms with E-state index in [4.69, 9.17) is 5.73 Å². The molecule has 3 aromatic rings. The highest BCUT2D eigenvalue weighted by molar-refractivity contribution is 7.89. The first-order chi connectivity index (χ1) is 17.4. The molecule has 0 bridgehead atoms. The number of rotatable bonds is 6. The summed E-state index contributed by atoms with van der Waals surface area (Å²) in [4.78, 5) is 18.9. The Bertz CT molecular complexity index is 1400. The summed E-state index contributed by atoms with van der Waals surface area (Å²) >= 11 is 0. The van der Waals surface area contributed by atoms with Gasteiger partial charge in [0.15, 0.2) is 0 Å². The van der Waals surface area contributed by atoms with Gasteiger partial charge in [0.2, 0.25) is 15.9 Å². The summed E-state index contributed by atoms with van der Waals surface area (Å²) in [5.41, 5.74) is 5.11. The number of aromatic hydroxyl groups is 1. The number of nitrogens with zero attached hydrogens (tertiary/aromatic N) is 3. The minimum atomic E-state index is -4.52. The lowest BCUT2D eigenvalue weighted by Crippen LogP contribution is -2.51. The Morgan fingerprint density at radius 1 is 1.08 bits per heavy atom. The van der Waals surface area contributed by atoms with Crippen LogP contribution in [0, 0.1) is 0 Å². The van der Waals surface area contributed by atoms with Crippen LogP contribution in [0.15, 0.2) is 59.8 Å². The van der Waals surface area contributed by atoms with Gasteiger partial charge in [0.25, 0.3) is 5.91 Å². The number of carbonyl (C=O) groups is 1. The first-order valence-electron chi connectivity index (χ1n) is 10.9. The van der Waals surface area contributed by atoms with Crippen LogP contribution < -0.4 is 11.1 Å². The van der Waals surface area contributed by atoms with Crippen molar-refractivity contribution in [3.63, 3.8) is 0 Å². The number of amides is 1. The second-order valence-corrected chi connectivity index (χ2v) is 10.3. The normalized spacial score (nSPS) is 18.9. The highest BCUT2D eigenvalue weighted by Crippen LogP contribution is 2.30. The van der Waals surface area contributed by atoms with Gasteiger partial charge in [-0.25, -0.2) is 18.4 Å². The van der Waals surface area contributed by atoms with Gasteiger partial charge < -0.3 is 21.3 Å². The number of aliphatic hydroxyl groups excluding tert-OH is 1. The summed E-state index contributed by atoms with van der Waals surface area (Å²) in [6, 6.07) is 8.49. The number of anilines is 1. The zero-order valence-corrected chi connectivity index (χ0v) is 19.9. The third-order valence-electron chi connectivity index (χ3n) is 5.93. The number of pyridine rings is 2. The molecule has 0 radical (unpaired) electrons. The fourth-order valence-corrected chi connectivity index (χ4v) is 5.36. The molecule has 1 fully saturated rings. The first kappa shape index (κ1) is 26.3. The topological polar surface area (TPSA) is 159 Å². The molecular weight excluding hydrogens is 515 g/mol. The van der Waals surface area contributed by atoms with Gasteiger partial charge in [0.1, 0.15) is 11.4 Å². The number of aliphatic hydroxyl groups is 1. The molecule has 0 saturated carbocycles. The van der Waals surface area contributed by atoms with Crippen molar-refractivity contribution in [2.24, 2.45) is 5.73 Å². The Morgan fingerprint density at radius 3 is 2.35 bits per heavy atom. The van der Waals surface area contributed by atoms with E-state index in [1.54, 1.807) is 0 Å². The van der Waals surface area contributed by atoms with Crippen LogP contribution in [0.1, 0.15) is 22.3 Å². The lowest BCUT2D eigenvalue weighted by Gasteiger charge is -2.35. The van der Waals surface area contributed by atoms with E-state index in [0.29, 0.717) is 17.3 Å². The quantitative estimate of drug-likeness (QED) is 0.373. The number of primary amides is 1. The molecule has 0 unspecified atom stereocenters. The lowest BCUT2D eigenvalue weighted by molar-refractivity contribution is -0.137. The van der Waals surface area contributed by atoms with Crippen LogP contribution in [0.5, 0.6) is 5.88 Å². The van der Waals surface area contributed by atoms with Crippen molar-refractivity contribution in [1.82, 2.24) is 14.3 Å². The van der Waals surface area contributed by atoms with E-state index in [1.165, 1.54) is 36.5 Å². The molecule has 2 aromatic heterocycles. The highest BCUT2D eigenvalue weighted by Gasteiger charge is 2.35. The SMILES string of the molecule is NC(=O)c1cc(-c2ccc(S(=O)(=O)N3CC[C@@H](Nc4ccc(C(F)(F)F)cn4)[C@@H](O)C3)cc2)cnc1O. The average molecular weight is 538 g/mol. The van der Waals surface area contributed by atoms with Crippen LogP contribution in [0.25, 0.3) is 11.1 Å². The summed E-state index contributed by atoms with van der Waals surface area (Å²) in [5, 5.41) is 23.0. The molecule has 0 spiro atoms. The molecule has 14 heteroatoms. The molecule has 1 saturated heterocycles. The molecule has 5 N–H and O–H groups in total. The summed E-state index contributed by atoms with van der Waals surface area (Å²) in [6.45, 7) is -0.171. The molecule has 4 rings (SSSR count). The number of carbonyl (C=O) groups excluding carboxylic acids is 1. The maximum absolute atomic E-state index is 13.1. The number of nitrogens with two attached hydrogens (primary N) is 1. The number of hydrogen-bond acceptors (Lipinski definition) is 8. The number of sulfonamides is 1. The molecular formula is C23H22F3N5O5S. The van der Waals surface area contributed by atoms with Crippen LogP contribution in [-0.2, 0) is 16.2 Å². The van der Waals surface area contributed by atoms with Crippen molar-refractivity contribution < 1.29 is 36.6 Å². The molecule has 0 aliphatic carbocycles. The van der Waals surface area contributed by atoms with Crippen molar-refractivity contribution in [3.05, 3.63) is 66.0 Å². The monoisotopic (exact) mass is 537 g/mol. The summed E-state index contributed by atoms with van der Waals surface area (Å²) < 4.78 is 65.5. The third-order valence-corrected chi connectivity index (χ3v) is 7.81. The number of hydrogen-bond donors (Lipinski definition) is 4. The maximum atomic E-state index is 13.1. The maximum Gasteiger partial charge on any atom is 0.417 e. The number of aromatic nitrogens is 2. The summed E-state index contributed by atoms with van der Waals surface area (Å²) in [6.07, 6.45) is -3.47. The van der Waals surface area contributed by atoms with Crippen molar-refractivity contribution in [3.8, 4) is 17.0 Å². The highest BCUT2D eigenvalue weighted by atomic mass is 32.2. The van der Waals surface area contributed by atoms with E-state index >= 15 is 0 Å². The standard InChI is InChI=1S/C23H22F3N5O5S/c24-23(25,26)15-3-6-20(28-11-15)30-18-7-8-31(12-19(18)32)37(35,36)16-4-1-13(2-5-16)14-9-17(21(27)33)22(34)29-10-14/h1-6,9-11,18-19,32H,7-8,12H2,(H2,27,33)(H,28,30)(H,29,34)/t18-,19+/m1/s1. The second kappa shape index (κ2) is 9.95. The first-order valence-corrected chi connectivity index (χ1v) is 12.4. The molecule has 1 aromatic carbocycles. The zero-order chi connectivity index (χ0) is 27.0. The van der Waals surface area contributed by atoms with E-state index in [0.717, 1.165) is 16.4 Å². The van der Waals surface area contributed by atoms with Gasteiger partial charge in [-0.1, -0.05) is 12.1 Å². The predicted molar refractivity (Wildman–Crippen MR) is 126 cm³/mol. The molecule has 2 atom stereocenters. The average Bonchev–Trinajstić information content (AvgIpc) is 2.85. The fourth-order valence-electron chi connectivity index (χ4n) is 3.89. The smallest absolute Gasteiger partial charge is 0.417 e. The number of piperidine rings is 1. The summed E-state index contributed by atoms with van der Waals surface area (Å²) in [5.74, 6) is -1.25. The van der Waals surface area contributed by atoms with E-state index < -0.39 is 45.7 Å². The van der Waals surface area contributed by atoms with Gasteiger partial charge in [0, 0.05) is 31.0 Å². The van der Waals surface area contributed by atoms with Crippen molar-refractivity contribution in [2.75, 3.05) is 18.4 Å². The Labute approximate surface area is 209 Å². The van der Waals surface area contributed by atoms with Gasteiger partial charge in [0.05, 0.1) is 22.6 Å². The minimum Gasteiger partial charge on any atom is -0.493 e. The molecule has 37 heavy (non-hydrogen) atoms. The van der Waals surface area contributed by atoms with Crippen LogP contribution >= 0.6 is 0 Å². The summed E-state index contributed by atoms with van der Waals surface area (Å²) in [7, 11) is -3.97. The van der Waals surface area contributed by atoms with E-state index in [1.807, 2.05) is 0 Å². The Kier molecular flexibility index (Phi) is 7.08. The number of β-amino-alcohol motifs (C(OH)–C–C–N with tert-alkyl or cyclic N) is 1. The second-order valence-electron chi connectivity index (χ2n) is 8.38. The van der Waals surface area contributed by atoms with Crippen molar-refractivity contribution in [1.29, 1.82) is 0 Å². The Hall–Kier alpha value is -3.75. The van der Waals surface area contributed by atoms with Gasteiger partial charge in [-0.15, -0.1) is 0 Å². The molecule has 1 aliphatic rings. The number of alkyl halides is 3. The van der Waals surface area contributed by atoms with E-state index in [9.17, 15) is 36.6 Å². The Morgan fingerprint density at radius 2 is 1.78 bits per heavy atom. The predicted octanol–water partition coefficient (Wildman–Crippen LogP) is 2.20. The van der Waals surface area contributed by atoms with Crippen LogP contribution in [0.2, 0.25) is 0 Å².